The van der Waals surface area contributed by atoms with Crippen LogP contribution in [-0.2, 0) is 0 Å². The number of furan rings is 1. The molecule has 234 valence electrons. The number of pyridine rings is 1. The van der Waals surface area contributed by atoms with Crippen LogP contribution in [0, 0.1) is 0 Å². The Bertz CT molecular complexity index is 2890. The molecule has 10 rings (SSSR count). The van der Waals surface area contributed by atoms with Gasteiger partial charge in [0, 0.05) is 33.1 Å². The molecule has 0 fully saturated rings. The number of anilines is 3. The Morgan fingerprint density at radius 1 is 0.400 bits per heavy atom. The number of fused-ring (bicyclic) bond motifs is 6. The second kappa shape index (κ2) is 11.5. The van der Waals surface area contributed by atoms with Crippen LogP contribution in [0.1, 0.15) is 0 Å². The Hall–Kier alpha value is -6.71. The molecule has 0 aliphatic heterocycles. The number of benzene rings is 8. The van der Waals surface area contributed by atoms with Crippen LogP contribution in [0.5, 0.6) is 0 Å². The van der Waals surface area contributed by atoms with E-state index in [0.717, 1.165) is 49.9 Å². The fraction of sp³-hybridized carbons (Fsp3) is 0. The van der Waals surface area contributed by atoms with Crippen LogP contribution in [0.25, 0.3) is 76.8 Å². The van der Waals surface area contributed by atoms with E-state index in [0.29, 0.717) is 5.71 Å². The second-order valence-electron chi connectivity index (χ2n) is 12.8. The zero-order chi connectivity index (χ0) is 33.0. The van der Waals surface area contributed by atoms with Gasteiger partial charge in [-0.3, -0.25) is 0 Å². The Balaban J connectivity index is 1.15. The highest BCUT2D eigenvalue weighted by Gasteiger charge is 2.19. The molecule has 3 nitrogen and oxygen atoms in total. The summed E-state index contributed by atoms with van der Waals surface area (Å²) in [5.74, 6) is 0. The van der Waals surface area contributed by atoms with Crippen LogP contribution >= 0.6 is 0 Å². The Morgan fingerprint density at radius 3 is 1.82 bits per heavy atom. The summed E-state index contributed by atoms with van der Waals surface area (Å²) in [4.78, 5) is 7.30. The first-order valence-electron chi connectivity index (χ1n) is 16.9. The zero-order valence-corrected chi connectivity index (χ0v) is 27.1. The number of aromatic nitrogens is 1. The summed E-state index contributed by atoms with van der Waals surface area (Å²) < 4.78 is 6.12. The zero-order valence-electron chi connectivity index (χ0n) is 27.1. The van der Waals surface area contributed by atoms with Crippen molar-refractivity contribution in [2.24, 2.45) is 0 Å². The highest BCUT2D eigenvalue weighted by atomic mass is 16.3. The van der Waals surface area contributed by atoms with Crippen molar-refractivity contribution in [3.8, 4) is 22.3 Å². The van der Waals surface area contributed by atoms with E-state index >= 15 is 0 Å². The first-order valence-corrected chi connectivity index (χ1v) is 16.9. The smallest absolute Gasteiger partial charge is 0.227 e. The summed E-state index contributed by atoms with van der Waals surface area (Å²) in [6, 6.07) is 65.0. The van der Waals surface area contributed by atoms with Crippen molar-refractivity contribution in [2.45, 2.75) is 0 Å². The molecule has 0 unspecified atom stereocenters. The van der Waals surface area contributed by atoms with Crippen molar-refractivity contribution in [1.82, 2.24) is 4.98 Å². The molecule has 8 aromatic carbocycles. The average Bonchev–Trinajstić information content (AvgIpc) is 3.54. The summed E-state index contributed by atoms with van der Waals surface area (Å²) in [5, 5.41) is 8.09. The third-order valence-electron chi connectivity index (χ3n) is 9.82. The molecule has 0 aliphatic rings. The molecular formula is C47H30N2O. The summed E-state index contributed by atoms with van der Waals surface area (Å²) >= 11 is 0. The van der Waals surface area contributed by atoms with Gasteiger partial charge < -0.3 is 9.32 Å². The van der Waals surface area contributed by atoms with Crippen LogP contribution in [-0.4, -0.2) is 4.98 Å². The van der Waals surface area contributed by atoms with Crippen molar-refractivity contribution >= 4 is 71.6 Å². The molecular weight excluding hydrogens is 609 g/mol. The molecule has 0 saturated heterocycles. The number of para-hydroxylation sites is 2. The Kier molecular flexibility index (Phi) is 6.49. The second-order valence-corrected chi connectivity index (χ2v) is 12.8. The van der Waals surface area contributed by atoms with Gasteiger partial charge in [-0.25, -0.2) is 4.98 Å². The first-order chi connectivity index (χ1) is 24.7. The lowest BCUT2D eigenvalue weighted by molar-refractivity contribution is 0.656. The van der Waals surface area contributed by atoms with Gasteiger partial charge in [0.05, 0.1) is 11.2 Å². The van der Waals surface area contributed by atoms with Crippen LogP contribution in [0.4, 0.5) is 17.1 Å². The van der Waals surface area contributed by atoms with E-state index in [9.17, 15) is 0 Å². The Morgan fingerprint density at radius 2 is 1.02 bits per heavy atom. The third kappa shape index (κ3) is 4.79. The number of rotatable bonds is 5. The maximum Gasteiger partial charge on any atom is 0.227 e. The topological polar surface area (TPSA) is 29.3 Å². The lowest BCUT2D eigenvalue weighted by atomic mass is 9.98. The maximum atomic E-state index is 6.12. The molecule has 0 saturated carbocycles. The molecule has 10 aromatic rings. The molecule has 0 atom stereocenters. The van der Waals surface area contributed by atoms with Crippen molar-refractivity contribution < 1.29 is 4.42 Å². The third-order valence-corrected chi connectivity index (χ3v) is 9.82. The standard InChI is InChI=1S/C47H30N2O/c1-3-11-34-27-36(19-17-31(34)9-1)33-21-23-39(24-22-33)49(45-15-7-5-13-41(45)37-20-18-32-10-2-4-12-35(32)28-37)40-25-26-44-38(29-40)30-43-42-14-6-8-16-46(42)50-47(43)48-44/h1-30H. The van der Waals surface area contributed by atoms with Gasteiger partial charge in [0.15, 0.2) is 0 Å². The van der Waals surface area contributed by atoms with Gasteiger partial charge in [-0.2, -0.15) is 0 Å². The van der Waals surface area contributed by atoms with Gasteiger partial charge in [0.2, 0.25) is 5.71 Å². The molecule has 2 aromatic heterocycles. The summed E-state index contributed by atoms with van der Waals surface area (Å²) in [6.07, 6.45) is 0. The van der Waals surface area contributed by atoms with E-state index in [1.165, 1.54) is 38.2 Å². The molecule has 0 aliphatic carbocycles. The van der Waals surface area contributed by atoms with Crippen molar-refractivity contribution in [3.05, 3.63) is 182 Å². The van der Waals surface area contributed by atoms with Gasteiger partial charge in [0.25, 0.3) is 0 Å². The van der Waals surface area contributed by atoms with Gasteiger partial charge in [0.1, 0.15) is 5.58 Å². The number of hydrogen-bond acceptors (Lipinski definition) is 3. The van der Waals surface area contributed by atoms with Crippen LogP contribution < -0.4 is 4.90 Å². The minimum absolute atomic E-state index is 0.661. The number of nitrogens with zero attached hydrogens (tertiary/aromatic N) is 2. The highest BCUT2D eigenvalue weighted by Crippen LogP contribution is 2.43. The minimum atomic E-state index is 0.661. The maximum absolute atomic E-state index is 6.12. The normalized spacial score (nSPS) is 11.6. The van der Waals surface area contributed by atoms with Gasteiger partial charge in [-0.1, -0.05) is 121 Å². The molecule has 0 bridgehead atoms. The lowest BCUT2D eigenvalue weighted by Gasteiger charge is -2.28. The van der Waals surface area contributed by atoms with E-state index in [4.69, 9.17) is 9.40 Å². The fourth-order valence-corrected chi connectivity index (χ4v) is 7.31. The van der Waals surface area contributed by atoms with Crippen LogP contribution in [0.2, 0.25) is 0 Å². The fourth-order valence-electron chi connectivity index (χ4n) is 7.31. The van der Waals surface area contributed by atoms with E-state index in [2.05, 4.69) is 169 Å². The quantitative estimate of drug-likeness (QED) is 0.188. The first kappa shape index (κ1) is 28.3. The molecule has 0 amide bonds. The Labute approximate surface area is 289 Å². The predicted octanol–water partition coefficient (Wildman–Crippen LogP) is 13.2. The molecule has 50 heavy (non-hydrogen) atoms. The van der Waals surface area contributed by atoms with Crippen molar-refractivity contribution in [2.75, 3.05) is 4.90 Å². The van der Waals surface area contributed by atoms with Crippen molar-refractivity contribution in [3.63, 3.8) is 0 Å². The molecule has 0 radical (unpaired) electrons. The van der Waals surface area contributed by atoms with Gasteiger partial charge in [-0.15, -0.1) is 0 Å². The van der Waals surface area contributed by atoms with E-state index in [1.54, 1.807) is 0 Å². The van der Waals surface area contributed by atoms with E-state index in [-0.39, 0.29) is 0 Å². The highest BCUT2D eigenvalue weighted by molar-refractivity contribution is 6.08. The molecule has 0 N–H and O–H groups in total. The van der Waals surface area contributed by atoms with Crippen molar-refractivity contribution in [1.29, 1.82) is 0 Å². The van der Waals surface area contributed by atoms with Crippen LogP contribution in [0.3, 0.4) is 0 Å². The SMILES string of the molecule is c1ccc(N(c2ccc(-c3ccc4ccccc4c3)cc2)c2ccc3nc4oc5ccccc5c4cc3c2)c(-c2ccc3ccccc3c2)c1. The molecule has 0 spiro atoms. The average molecular weight is 639 g/mol. The lowest BCUT2D eigenvalue weighted by Crippen LogP contribution is -2.11. The van der Waals surface area contributed by atoms with E-state index in [1.807, 2.05) is 18.2 Å². The molecule has 2 heterocycles. The largest absolute Gasteiger partial charge is 0.438 e. The summed E-state index contributed by atoms with van der Waals surface area (Å²) in [7, 11) is 0. The molecule has 3 heteroatoms. The van der Waals surface area contributed by atoms with Gasteiger partial charge >= 0.3 is 0 Å². The summed E-state index contributed by atoms with van der Waals surface area (Å²) in [6.45, 7) is 0. The predicted molar refractivity (Wildman–Crippen MR) is 210 cm³/mol. The van der Waals surface area contributed by atoms with Gasteiger partial charge in [-0.05, 0) is 98.9 Å². The monoisotopic (exact) mass is 638 g/mol. The van der Waals surface area contributed by atoms with Crippen LogP contribution in [0.15, 0.2) is 186 Å². The number of hydrogen-bond donors (Lipinski definition) is 0. The van der Waals surface area contributed by atoms with E-state index < -0.39 is 0 Å². The minimum Gasteiger partial charge on any atom is -0.438 e. The summed E-state index contributed by atoms with van der Waals surface area (Å²) in [5.41, 5.74) is 10.3.